The van der Waals surface area contributed by atoms with Gasteiger partial charge in [0.25, 0.3) is 11.5 Å². The van der Waals surface area contributed by atoms with Crippen LogP contribution in [0.3, 0.4) is 0 Å². The number of aromatic nitrogens is 4. The Kier molecular flexibility index (Phi) is 5.89. The molecule has 2 aromatic carbocycles. The highest BCUT2D eigenvalue weighted by Gasteiger charge is 2.35. The summed E-state index contributed by atoms with van der Waals surface area (Å²) in [7, 11) is 1.80. The highest BCUT2D eigenvalue weighted by molar-refractivity contribution is 6.04. The number of anilines is 3. The van der Waals surface area contributed by atoms with Gasteiger partial charge < -0.3 is 15.4 Å². The first kappa shape index (κ1) is 23.4. The minimum Gasteiger partial charge on any atom is -0.379 e. The van der Waals surface area contributed by atoms with Crippen LogP contribution in [-0.2, 0) is 17.2 Å². The van der Waals surface area contributed by atoms with Crippen molar-refractivity contribution < 1.29 is 13.9 Å². The van der Waals surface area contributed by atoms with Gasteiger partial charge in [0, 0.05) is 35.3 Å². The van der Waals surface area contributed by atoms with Crippen LogP contribution in [0.1, 0.15) is 28.5 Å². The molecule has 0 radical (unpaired) electrons. The van der Waals surface area contributed by atoms with Gasteiger partial charge in [-0.3, -0.25) is 14.3 Å². The molecule has 4 aromatic rings. The summed E-state index contributed by atoms with van der Waals surface area (Å²) in [4.78, 5) is 25.1. The SMILES string of the molecule is Cc1cc(Nc2cc(-c3ccc(F)c(NC(=O)c4ccc(C5(C)COC5)cc4)c3)n[nH]c2=O)nn1C. The van der Waals surface area contributed by atoms with Crippen LogP contribution in [0.2, 0.25) is 0 Å². The summed E-state index contributed by atoms with van der Waals surface area (Å²) in [6.45, 7) is 5.30. The monoisotopic (exact) mass is 488 g/mol. The Bertz CT molecular complexity index is 1490. The molecule has 5 rings (SSSR count). The van der Waals surface area contributed by atoms with Gasteiger partial charge in [-0.2, -0.15) is 10.2 Å². The molecule has 1 aliphatic heterocycles. The summed E-state index contributed by atoms with van der Waals surface area (Å²) in [5.41, 5.74) is 3.09. The fourth-order valence-electron chi connectivity index (χ4n) is 3.98. The lowest BCUT2D eigenvalue weighted by Gasteiger charge is -2.38. The van der Waals surface area contributed by atoms with Gasteiger partial charge in [-0.15, -0.1) is 0 Å². The number of hydrogen-bond donors (Lipinski definition) is 3. The minimum atomic E-state index is -0.588. The first-order valence-electron chi connectivity index (χ1n) is 11.4. The number of rotatable bonds is 6. The van der Waals surface area contributed by atoms with Gasteiger partial charge in [0.15, 0.2) is 5.82 Å². The van der Waals surface area contributed by atoms with Gasteiger partial charge in [0.1, 0.15) is 11.5 Å². The number of carbonyl (C=O) groups excluding carboxylic acids is 1. The highest BCUT2D eigenvalue weighted by Crippen LogP contribution is 2.32. The van der Waals surface area contributed by atoms with Crippen molar-refractivity contribution in [1.29, 1.82) is 0 Å². The predicted octanol–water partition coefficient (Wildman–Crippen LogP) is 3.90. The Hall–Kier alpha value is -4.31. The van der Waals surface area contributed by atoms with Gasteiger partial charge in [0.2, 0.25) is 0 Å². The first-order valence-corrected chi connectivity index (χ1v) is 11.4. The molecule has 184 valence electrons. The molecule has 1 aliphatic rings. The molecular weight excluding hydrogens is 463 g/mol. The third kappa shape index (κ3) is 4.50. The summed E-state index contributed by atoms with van der Waals surface area (Å²) >= 11 is 0. The Labute approximate surface area is 206 Å². The number of halogens is 1. The third-order valence-electron chi connectivity index (χ3n) is 6.38. The van der Waals surface area contributed by atoms with Gasteiger partial charge in [-0.25, -0.2) is 9.49 Å². The number of hydrogen-bond acceptors (Lipinski definition) is 6. The fraction of sp³-hybridized carbons (Fsp3) is 0.231. The smallest absolute Gasteiger partial charge is 0.287 e. The maximum absolute atomic E-state index is 14.6. The van der Waals surface area contributed by atoms with E-state index in [1.54, 1.807) is 36.0 Å². The van der Waals surface area contributed by atoms with E-state index in [4.69, 9.17) is 4.74 Å². The van der Waals surface area contributed by atoms with Gasteiger partial charge in [0.05, 0.1) is 24.6 Å². The van der Waals surface area contributed by atoms with Crippen LogP contribution in [0.5, 0.6) is 0 Å². The molecule has 3 heterocycles. The molecule has 0 bridgehead atoms. The molecule has 9 nitrogen and oxygen atoms in total. The Morgan fingerprint density at radius 1 is 1.11 bits per heavy atom. The van der Waals surface area contributed by atoms with Crippen molar-refractivity contribution in [3.8, 4) is 11.3 Å². The van der Waals surface area contributed by atoms with E-state index in [9.17, 15) is 14.0 Å². The molecule has 1 fully saturated rings. The maximum atomic E-state index is 14.6. The number of H-pyrrole nitrogens is 1. The fourth-order valence-corrected chi connectivity index (χ4v) is 3.98. The zero-order valence-corrected chi connectivity index (χ0v) is 20.1. The van der Waals surface area contributed by atoms with Crippen LogP contribution in [0.4, 0.5) is 21.6 Å². The standard InChI is InChI=1S/C26H25FN6O3/c1-15-10-23(32-33(15)3)28-22-12-20(30-31-25(22)35)17-6-9-19(27)21(11-17)29-24(34)16-4-7-18(8-5-16)26(2)13-36-14-26/h4-12H,13-14H2,1-3H3,(H,29,34)(H,31,35)(H,28,30,32). The number of nitrogens with one attached hydrogen (secondary N) is 3. The molecule has 2 aromatic heterocycles. The number of amides is 1. The molecule has 3 N–H and O–H groups in total. The van der Waals surface area contributed by atoms with Crippen molar-refractivity contribution in [3.63, 3.8) is 0 Å². The van der Waals surface area contributed by atoms with Gasteiger partial charge >= 0.3 is 0 Å². The number of aromatic amines is 1. The number of aryl methyl sites for hydroxylation is 2. The van der Waals surface area contributed by atoms with E-state index < -0.39 is 17.3 Å². The lowest BCUT2D eigenvalue weighted by Crippen LogP contribution is -2.43. The number of nitrogens with zero attached hydrogens (tertiary/aromatic N) is 3. The molecular formula is C26H25FN6O3. The van der Waals surface area contributed by atoms with Gasteiger partial charge in [-0.1, -0.05) is 19.1 Å². The second kappa shape index (κ2) is 9.04. The van der Waals surface area contributed by atoms with Crippen LogP contribution < -0.4 is 16.2 Å². The van der Waals surface area contributed by atoms with Crippen LogP contribution in [-0.4, -0.2) is 39.1 Å². The van der Waals surface area contributed by atoms with E-state index in [0.29, 0.717) is 35.9 Å². The third-order valence-corrected chi connectivity index (χ3v) is 6.38. The summed E-state index contributed by atoms with van der Waals surface area (Å²) in [5, 5.41) is 16.4. The van der Waals surface area contributed by atoms with E-state index in [0.717, 1.165) is 11.3 Å². The molecule has 0 saturated carbocycles. The van der Waals surface area contributed by atoms with Crippen LogP contribution in [0, 0.1) is 12.7 Å². The highest BCUT2D eigenvalue weighted by atomic mass is 19.1. The number of carbonyl (C=O) groups is 1. The van der Waals surface area contributed by atoms with Crippen molar-refractivity contribution in [2.75, 3.05) is 23.8 Å². The minimum absolute atomic E-state index is 0.00351. The van der Waals surface area contributed by atoms with E-state index in [1.165, 1.54) is 18.2 Å². The molecule has 36 heavy (non-hydrogen) atoms. The Balaban J connectivity index is 1.37. The average Bonchev–Trinajstić information content (AvgIpc) is 3.17. The number of ether oxygens (including phenoxy) is 1. The molecule has 0 aliphatic carbocycles. The van der Waals surface area contributed by atoms with E-state index >= 15 is 0 Å². The molecule has 1 amide bonds. The summed E-state index contributed by atoms with van der Waals surface area (Å²) in [6, 6.07) is 14.8. The largest absolute Gasteiger partial charge is 0.379 e. The second-order valence-electron chi connectivity index (χ2n) is 9.20. The maximum Gasteiger partial charge on any atom is 0.287 e. The zero-order chi connectivity index (χ0) is 25.4. The summed E-state index contributed by atoms with van der Waals surface area (Å²) < 4.78 is 21.6. The molecule has 1 saturated heterocycles. The summed E-state index contributed by atoms with van der Waals surface area (Å²) in [6.07, 6.45) is 0. The molecule has 0 unspecified atom stereocenters. The quantitative estimate of drug-likeness (QED) is 0.379. The lowest BCUT2D eigenvalue weighted by molar-refractivity contribution is -0.0500. The lowest BCUT2D eigenvalue weighted by atomic mass is 9.80. The Morgan fingerprint density at radius 3 is 2.50 bits per heavy atom. The van der Waals surface area contributed by atoms with Crippen LogP contribution in [0.25, 0.3) is 11.3 Å². The molecule has 0 spiro atoms. The normalized spacial score (nSPS) is 14.2. The van der Waals surface area contributed by atoms with E-state index in [2.05, 4.69) is 32.9 Å². The predicted molar refractivity (Wildman–Crippen MR) is 134 cm³/mol. The van der Waals surface area contributed by atoms with Crippen LogP contribution >= 0.6 is 0 Å². The van der Waals surface area contributed by atoms with Crippen molar-refractivity contribution in [2.45, 2.75) is 19.3 Å². The zero-order valence-electron chi connectivity index (χ0n) is 20.1. The molecule has 0 atom stereocenters. The van der Waals surface area contributed by atoms with Crippen molar-refractivity contribution in [3.05, 3.63) is 87.6 Å². The van der Waals surface area contributed by atoms with E-state index in [-0.39, 0.29) is 16.8 Å². The van der Waals surface area contributed by atoms with Gasteiger partial charge in [-0.05, 0) is 48.9 Å². The van der Waals surface area contributed by atoms with Crippen molar-refractivity contribution in [2.24, 2.45) is 7.05 Å². The number of benzene rings is 2. The Morgan fingerprint density at radius 2 is 1.86 bits per heavy atom. The second-order valence-corrected chi connectivity index (χ2v) is 9.20. The van der Waals surface area contributed by atoms with E-state index in [1.807, 2.05) is 19.1 Å². The van der Waals surface area contributed by atoms with Crippen molar-refractivity contribution in [1.82, 2.24) is 20.0 Å². The average molecular weight is 489 g/mol. The molecule has 10 heteroatoms. The topological polar surface area (TPSA) is 114 Å². The summed E-state index contributed by atoms with van der Waals surface area (Å²) in [5.74, 6) is -0.515. The van der Waals surface area contributed by atoms with Crippen LogP contribution in [0.15, 0.2) is 59.4 Å². The first-order chi connectivity index (χ1) is 17.2. The van der Waals surface area contributed by atoms with Crippen molar-refractivity contribution >= 4 is 23.1 Å².